The molecule has 0 aliphatic rings. The first-order valence-electron chi connectivity index (χ1n) is 18.4. The van der Waals surface area contributed by atoms with Crippen LogP contribution in [0.15, 0.2) is 78.9 Å². The number of nitrogens with zero attached hydrogens (tertiary/aromatic N) is 2. The van der Waals surface area contributed by atoms with Crippen LogP contribution in [0.25, 0.3) is 23.1 Å². The van der Waals surface area contributed by atoms with Crippen LogP contribution < -0.4 is 0 Å². The maximum absolute atomic E-state index is 12.1. The molecule has 0 bridgehead atoms. The van der Waals surface area contributed by atoms with Gasteiger partial charge in [0.1, 0.15) is 0 Å². The van der Waals surface area contributed by atoms with E-state index in [1.54, 1.807) is 6.07 Å². The Morgan fingerprint density at radius 3 is 2.15 bits per heavy atom. The molecule has 4 rings (SSSR count). The van der Waals surface area contributed by atoms with Gasteiger partial charge in [0, 0.05) is 16.5 Å². The number of carboxylic acids is 1. The van der Waals surface area contributed by atoms with Gasteiger partial charge in [-0.15, -0.1) is 0 Å². The summed E-state index contributed by atoms with van der Waals surface area (Å²) in [5, 5.41) is 11.7. The van der Waals surface area contributed by atoms with Gasteiger partial charge in [-0.3, -0.25) is 4.90 Å². The van der Waals surface area contributed by atoms with Gasteiger partial charge in [-0.1, -0.05) is 150 Å². The van der Waals surface area contributed by atoms with E-state index in [1.807, 2.05) is 42.5 Å². The average Bonchev–Trinajstić information content (AvgIpc) is 3.10. The lowest BCUT2D eigenvalue weighted by atomic mass is 9.93. The SMILES string of the molecule is CCCCCCCCN(CCCCCCCC)C(CCc1ccccc1C(=O)O)c1cccc(/C=C/c2ccc3ccc(Cl)cc3n2)c1. The van der Waals surface area contributed by atoms with Crippen LogP contribution in [0.3, 0.4) is 0 Å². The Hall–Kier alpha value is -3.47. The fourth-order valence-electron chi connectivity index (χ4n) is 6.66. The summed E-state index contributed by atoms with van der Waals surface area (Å²) < 4.78 is 0. The molecule has 4 nitrogen and oxygen atoms in total. The molecule has 0 saturated carbocycles. The minimum absolute atomic E-state index is 0.201. The molecule has 0 spiro atoms. The van der Waals surface area contributed by atoms with Gasteiger partial charge in [0.2, 0.25) is 0 Å². The maximum Gasteiger partial charge on any atom is 0.335 e. The van der Waals surface area contributed by atoms with E-state index in [2.05, 4.69) is 61.2 Å². The molecule has 5 heteroatoms. The predicted molar refractivity (Wildman–Crippen MR) is 205 cm³/mol. The molecule has 4 aromatic rings. The minimum Gasteiger partial charge on any atom is -0.478 e. The zero-order valence-corrected chi connectivity index (χ0v) is 29.9. The number of carbonyl (C=O) groups is 1. The van der Waals surface area contributed by atoms with Crippen molar-refractivity contribution >= 4 is 40.6 Å². The fourth-order valence-corrected chi connectivity index (χ4v) is 6.83. The monoisotopic (exact) mass is 666 g/mol. The van der Waals surface area contributed by atoms with Crippen molar-refractivity contribution in [3.05, 3.63) is 112 Å². The molecule has 3 aromatic carbocycles. The zero-order valence-electron chi connectivity index (χ0n) is 29.2. The Morgan fingerprint density at radius 1 is 0.771 bits per heavy atom. The summed E-state index contributed by atoms with van der Waals surface area (Å²) in [4.78, 5) is 19.6. The van der Waals surface area contributed by atoms with Crippen LogP contribution in [-0.2, 0) is 6.42 Å². The third kappa shape index (κ3) is 12.2. The van der Waals surface area contributed by atoms with E-state index in [0.717, 1.165) is 53.7 Å². The Morgan fingerprint density at radius 2 is 1.44 bits per heavy atom. The van der Waals surface area contributed by atoms with Crippen molar-refractivity contribution < 1.29 is 9.90 Å². The number of fused-ring (bicyclic) bond motifs is 1. The van der Waals surface area contributed by atoms with E-state index in [0.29, 0.717) is 10.6 Å². The Bertz CT molecular complexity index is 1570. The number of hydrogen-bond acceptors (Lipinski definition) is 3. The average molecular weight is 667 g/mol. The number of halogens is 1. The lowest BCUT2D eigenvalue weighted by Crippen LogP contribution is -2.31. The van der Waals surface area contributed by atoms with Gasteiger partial charge in [-0.2, -0.15) is 0 Å². The van der Waals surface area contributed by atoms with Crippen LogP contribution >= 0.6 is 11.6 Å². The first kappa shape index (κ1) is 37.4. The highest BCUT2D eigenvalue weighted by atomic mass is 35.5. The summed E-state index contributed by atoms with van der Waals surface area (Å²) in [6.45, 7) is 6.67. The molecule has 0 radical (unpaired) electrons. The smallest absolute Gasteiger partial charge is 0.335 e. The van der Waals surface area contributed by atoms with Crippen molar-refractivity contribution in [3.8, 4) is 0 Å². The van der Waals surface area contributed by atoms with Crippen LogP contribution in [0.2, 0.25) is 5.02 Å². The highest BCUT2D eigenvalue weighted by molar-refractivity contribution is 6.31. The van der Waals surface area contributed by atoms with Crippen molar-refractivity contribution in [1.29, 1.82) is 0 Å². The Balaban J connectivity index is 1.59. The number of aromatic nitrogens is 1. The number of aryl methyl sites for hydroxylation is 1. The zero-order chi connectivity index (χ0) is 34.0. The van der Waals surface area contributed by atoms with Crippen molar-refractivity contribution in [1.82, 2.24) is 9.88 Å². The number of rotatable bonds is 22. The van der Waals surface area contributed by atoms with Crippen LogP contribution in [0.1, 0.15) is 136 Å². The van der Waals surface area contributed by atoms with E-state index in [4.69, 9.17) is 16.6 Å². The second-order valence-corrected chi connectivity index (χ2v) is 13.6. The molecule has 1 atom stereocenters. The van der Waals surface area contributed by atoms with Crippen LogP contribution in [0.4, 0.5) is 0 Å². The Kier molecular flexibility index (Phi) is 16.2. The van der Waals surface area contributed by atoms with Gasteiger partial charge in [0.15, 0.2) is 0 Å². The molecule has 1 heterocycles. The molecule has 0 aliphatic carbocycles. The Labute approximate surface area is 294 Å². The first-order chi connectivity index (χ1) is 23.5. The lowest BCUT2D eigenvalue weighted by Gasteiger charge is -2.33. The van der Waals surface area contributed by atoms with Gasteiger partial charge >= 0.3 is 5.97 Å². The largest absolute Gasteiger partial charge is 0.478 e. The molecule has 1 aromatic heterocycles. The van der Waals surface area contributed by atoms with Gasteiger partial charge < -0.3 is 5.11 Å². The van der Waals surface area contributed by atoms with Crippen LogP contribution in [0, 0.1) is 0 Å². The van der Waals surface area contributed by atoms with Crippen LogP contribution in [-0.4, -0.2) is 34.0 Å². The van der Waals surface area contributed by atoms with Gasteiger partial charge in [0.05, 0.1) is 16.8 Å². The third-order valence-corrected chi connectivity index (χ3v) is 9.63. The molecular formula is C43H55ClN2O2. The second-order valence-electron chi connectivity index (χ2n) is 13.2. The van der Waals surface area contributed by atoms with Crippen molar-refractivity contribution in [2.45, 2.75) is 110 Å². The van der Waals surface area contributed by atoms with Gasteiger partial charge in [-0.05, 0) is 85.8 Å². The minimum atomic E-state index is -0.852. The summed E-state index contributed by atoms with van der Waals surface area (Å²) in [5.41, 5.74) is 5.53. The molecule has 256 valence electrons. The molecule has 48 heavy (non-hydrogen) atoms. The summed E-state index contributed by atoms with van der Waals surface area (Å²) in [5.74, 6) is -0.852. The van der Waals surface area contributed by atoms with Crippen molar-refractivity contribution in [3.63, 3.8) is 0 Å². The number of carboxylic acid groups (broad SMARTS) is 1. The molecule has 0 aliphatic heterocycles. The fraction of sp³-hybridized carbons (Fsp3) is 0.442. The highest BCUT2D eigenvalue weighted by Crippen LogP contribution is 2.30. The number of pyridine rings is 1. The molecular weight excluding hydrogens is 612 g/mol. The first-order valence-corrected chi connectivity index (χ1v) is 18.8. The maximum atomic E-state index is 12.1. The van der Waals surface area contributed by atoms with E-state index in [1.165, 1.54) is 82.6 Å². The molecule has 0 amide bonds. The van der Waals surface area contributed by atoms with Crippen LogP contribution in [0.5, 0.6) is 0 Å². The van der Waals surface area contributed by atoms with Crippen molar-refractivity contribution in [2.24, 2.45) is 0 Å². The number of hydrogen-bond donors (Lipinski definition) is 1. The number of unbranched alkanes of at least 4 members (excludes halogenated alkanes) is 10. The molecule has 1 N–H and O–H groups in total. The summed E-state index contributed by atoms with van der Waals surface area (Å²) in [6.07, 6.45) is 21.1. The number of benzene rings is 3. The molecule has 0 saturated heterocycles. The van der Waals surface area contributed by atoms with Crippen molar-refractivity contribution in [2.75, 3.05) is 13.1 Å². The summed E-state index contributed by atoms with van der Waals surface area (Å²) in [7, 11) is 0. The standard InChI is InChI=1S/C43H55ClN2O2/c1-3-5-7-9-11-15-30-46(31-16-12-10-8-6-4-2)42(29-25-35-19-13-14-21-40(35)43(47)48)37-20-17-18-34(32-37)22-27-39-28-24-36-23-26-38(44)33-41(36)45-39/h13-14,17-24,26-28,32-33,42H,3-12,15-16,25,29-31H2,1-2H3,(H,47,48)/b27-22+. The summed E-state index contributed by atoms with van der Waals surface area (Å²) in [6, 6.07) is 26.5. The highest BCUT2D eigenvalue weighted by Gasteiger charge is 2.22. The molecule has 0 fully saturated rings. The normalized spacial score (nSPS) is 12.3. The lowest BCUT2D eigenvalue weighted by molar-refractivity contribution is 0.0695. The quantitative estimate of drug-likeness (QED) is 0.0848. The van der Waals surface area contributed by atoms with Gasteiger partial charge in [-0.25, -0.2) is 9.78 Å². The van der Waals surface area contributed by atoms with E-state index >= 15 is 0 Å². The van der Waals surface area contributed by atoms with E-state index < -0.39 is 5.97 Å². The molecule has 1 unspecified atom stereocenters. The van der Waals surface area contributed by atoms with E-state index in [9.17, 15) is 9.90 Å². The second kappa shape index (κ2) is 20.8. The topological polar surface area (TPSA) is 53.4 Å². The van der Waals surface area contributed by atoms with Gasteiger partial charge in [0.25, 0.3) is 0 Å². The van der Waals surface area contributed by atoms with E-state index in [-0.39, 0.29) is 6.04 Å². The third-order valence-electron chi connectivity index (χ3n) is 9.39. The number of aromatic carboxylic acids is 1. The summed E-state index contributed by atoms with van der Waals surface area (Å²) >= 11 is 6.23. The predicted octanol–water partition coefficient (Wildman–Crippen LogP) is 12.5.